The van der Waals surface area contributed by atoms with Gasteiger partial charge in [0.15, 0.2) is 6.10 Å². The molecule has 3 atom stereocenters. The van der Waals surface area contributed by atoms with Crippen molar-refractivity contribution in [2.24, 2.45) is 11.7 Å². The fourth-order valence-corrected chi connectivity index (χ4v) is 4.41. The number of halogens is 3. The van der Waals surface area contributed by atoms with E-state index in [4.69, 9.17) is 19.7 Å². The van der Waals surface area contributed by atoms with Gasteiger partial charge in [0.05, 0.1) is 25.6 Å². The molecular weight excluding hydrogens is 542 g/mol. The van der Waals surface area contributed by atoms with Crippen molar-refractivity contribution in [3.63, 3.8) is 0 Å². The number of hydrogen-bond acceptors (Lipinski definition) is 8. The first-order valence-corrected chi connectivity index (χ1v) is 15.6. The summed E-state index contributed by atoms with van der Waals surface area (Å²) in [5.74, 6) is -3.74. The second-order valence-corrected chi connectivity index (χ2v) is 11.3. The number of esters is 2. The molecule has 0 aromatic rings. The lowest BCUT2D eigenvalue weighted by atomic mass is 10.0. The van der Waals surface area contributed by atoms with E-state index in [2.05, 4.69) is 11.4 Å². The van der Waals surface area contributed by atoms with Crippen LogP contribution in [0.5, 0.6) is 0 Å². The topological polar surface area (TPSA) is 134 Å². The van der Waals surface area contributed by atoms with Gasteiger partial charge < -0.3 is 20.1 Å². The number of carbonyl (C=O) groups is 2. The zero-order valence-electron chi connectivity index (χ0n) is 23.6. The van der Waals surface area contributed by atoms with E-state index in [1.54, 1.807) is 0 Å². The van der Waals surface area contributed by atoms with Crippen LogP contribution in [0.15, 0.2) is 0 Å². The normalized spacial score (nSPS) is 14.9. The molecule has 0 saturated carbocycles. The molecule has 0 heterocycles. The van der Waals surface area contributed by atoms with Crippen molar-refractivity contribution in [2.45, 2.75) is 122 Å². The van der Waals surface area contributed by atoms with Gasteiger partial charge in [-0.1, -0.05) is 90.9 Å². The number of phosphoric ester groups is 1. The molecule has 9 nitrogen and oxygen atoms in total. The third kappa shape index (κ3) is 23.2. The molecule has 0 radical (unpaired) electrons. The zero-order valence-corrected chi connectivity index (χ0v) is 24.4. The van der Waals surface area contributed by atoms with Crippen molar-refractivity contribution >= 4 is 19.8 Å². The van der Waals surface area contributed by atoms with Crippen molar-refractivity contribution in [3.05, 3.63) is 0 Å². The number of nitrogens with two attached hydrogens (primary N) is 1. The first-order chi connectivity index (χ1) is 18.4. The van der Waals surface area contributed by atoms with E-state index in [1.165, 1.54) is 57.8 Å². The van der Waals surface area contributed by atoms with Crippen LogP contribution in [0.3, 0.4) is 0 Å². The van der Waals surface area contributed by atoms with Crippen LogP contribution < -0.4 is 5.73 Å². The minimum Gasteiger partial charge on any atom is -0.462 e. The number of ether oxygens (including phenoxy) is 2. The summed E-state index contributed by atoms with van der Waals surface area (Å²) in [6, 6.07) is 0. The van der Waals surface area contributed by atoms with Gasteiger partial charge in [0.25, 0.3) is 0 Å². The van der Waals surface area contributed by atoms with Crippen LogP contribution in [-0.2, 0) is 32.7 Å². The molecule has 39 heavy (non-hydrogen) atoms. The minimum atomic E-state index is -4.60. The van der Waals surface area contributed by atoms with Crippen LogP contribution in [0.25, 0.3) is 0 Å². The summed E-state index contributed by atoms with van der Waals surface area (Å²) in [5.41, 5.74) is 5.20. The molecule has 232 valence electrons. The Hall–Kier alpha value is -1.20. The van der Waals surface area contributed by atoms with Crippen LogP contribution in [-0.4, -0.2) is 55.5 Å². The predicted octanol–water partition coefficient (Wildman–Crippen LogP) is 6.60. The van der Waals surface area contributed by atoms with Crippen molar-refractivity contribution < 1.29 is 50.7 Å². The van der Waals surface area contributed by atoms with E-state index in [0.29, 0.717) is 6.42 Å². The Morgan fingerprint density at radius 1 is 0.846 bits per heavy atom. The van der Waals surface area contributed by atoms with E-state index < -0.39 is 57.6 Å². The predicted molar refractivity (Wildman–Crippen MR) is 142 cm³/mol. The Kier molecular flexibility index (Phi) is 21.8. The molecule has 0 aromatic heterocycles. The maximum Gasteiger partial charge on any atom is 0.472 e. The quantitative estimate of drug-likeness (QED) is 0.0684. The summed E-state index contributed by atoms with van der Waals surface area (Å²) < 4.78 is 69.3. The highest BCUT2D eigenvalue weighted by Crippen LogP contribution is 2.43. The smallest absolute Gasteiger partial charge is 0.462 e. The maximum absolute atomic E-state index is 12.7. The van der Waals surface area contributed by atoms with E-state index >= 15 is 0 Å². The van der Waals surface area contributed by atoms with Gasteiger partial charge in [-0.05, 0) is 6.42 Å². The Labute approximate surface area is 231 Å². The van der Waals surface area contributed by atoms with Gasteiger partial charge in [0.2, 0.25) is 0 Å². The number of unbranched alkanes of at least 4 members (excludes halogenated alkanes) is 12. The average molecular weight is 592 g/mol. The van der Waals surface area contributed by atoms with Gasteiger partial charge in [-0.25, -0.2) is 4.57 Å². The highest BCUT2D eigenvalue weighted by molar-refractivity contribution is 7.47. The SMILES string of the molecule is CCCCCCCCCCCCCCCC(=O)OC[C@H](COP(=O)(O)OCCN)OC(=O)CC(C)C(F)(F)F. The lowest BCUT2D eigenvalue weighted by Gasteiger charge is -2.21. The number of alkyl halides is 3. The highest BCUT2D eigenvalue weighted by atomic mass is 31.2. The molecule has 2 unspecified atom stereocenters. The van der Waals surface area contributed by atoms with Gasteiger partial charge >= 0.3 is 25.9 Å². The summed E-state index contributed by atoms with van der Waals surface area (Å²) in [5, 5.41) is 0. The summed E-state index contributed by atoms with van der Waals surface area (Å²) in [4.78, 5) is 33.7. The summed E-state index contributed by atoms with van der Waals surface area (Å²) >= 11 is 0. The summed E-state index contributed by atoms with van der Waals surface area (Å²) in [7, 11) is -4.54. The molecule has 0 aliphatic carbocycles. The van der Waals surface area contributed by atoms with Crippen LogP contribution in [0.1, 0.15) is 110 Å². The van der Waals surface area contributed by atoms with Crippen LogP contribution in [0.4, 0.5) is 13.2 Å². The maximum atomic E-state index is 12.7. The fourth-order valence-electron chi connectivity index (χ4n) is 3.64. The van der Waals surface area contributed by atoms with Gasteiger partial charge in [-0.2, -0.15) is 13.2 Å². The molecule has 3 N–H and O–H groups in total. The fraction of sp³-hybridized carbons (Fsp3) is 0.923. The molecular formula is C26H49F3NO8P. The Balaban J connectivity index is 4.31. The first-order valence-electron chi connectivity index (χ1n) is 14.1. The number of rotatable bonds is 25. The summed E-state index contributed by atoms with van der Waals surface area (Å²) in [6.07, 6.45) is 8.22. The molecule has 0 spiro atoms. The molecule has 0 amide bonds. The Morgan fingerprint density at radius 3 is 1.85 bits per heavy atom. The van der Waals surface area contributed by atoms with Crippen molar-refractivity contribution in [3.8, 4) is 0 Å². The van der Waals surface area contributed by atoms with Gasteiger partial charge in [-0.3, -0.25) is 18.6 Å². The van der Waals surface area contributed by atoms with E-state index in [1.807, 2.05) is 0 Å². The molecule has 0 aliphatic rings. The highest BCUT2D eigenvalue weighted by Gasteiger charge is 2.38. The molecule has 0 saturated heterocycles. The van der Waals surface area contributed by atoms with Crippen LogP contribution >= 0.6 is 7.82 Å². The lowest BCUT2D eigenvalue weighted by molar-refractivity contribution is -0.184. The largest absolute Gasteiger partial charge is 0.472 e. The number of phosphoric acid groups is 1. The second-order valence-electron chi connectivity index (χ2n) is 9.82. The monoisotopic (exact) mass is 591 g/mol. The standard InChI is InChI=1S/C26H49F3NO8P/c1-3-4-5-6-7-8-9-10-11-12-13-14-15-16-24(31)35-20-23(21-37-39(33,34)36-18-17-30)38-25(32)19-22(2)26(27,28)29/h22-23H,3-21,30H2,1-2H3,(H,33,34)/t22?,23-/m1/s1. The Morgan fingerprint density at radius 2 is 1.36 bits per heavy atom. The zero-order chi connectivity index (χ0) is 29.6. The van der Waals surface area contributed by atoms with Gasteiger partial charge in [0, 0.05) is 13.0 Å². The lowest BCUT2D eigenvalue weighted by Crippen LogP contribution is -2.31. The van der Waals surface area contributed by atoms with Crippen LogP contribution in [0, 0.1) is 5.92 Å². The number of carbonyl (C=O) groups excluding carboxylic acids is 2. The third-order valence-electron chi connectivity index (χ3n) is 6.04. The molecule has 0 bridgehead atoms. The second kappa shape index (κ2) is 22.5. The van der Waals surface area contributed by atoms with Crippen molar-refractivity contribution in [2.75, 3.05) is 26.4 Å². The van der Waals surface area contributed by atoms with Gasteiger partial charge in [-0.15, -0.1) is 0 Å². The molecule has 0 fully saturated rings. The van der Waals surface area contributed by atoms with E-state index in [-0.39, 0.29) is 19.6 Å². The van der Waals surface area contributed by atoms with Crippen molar-refractivity contribution in [1.82, 2.24) is 0 Å². The summed E-state index contributed by atoms with van der Waals surface area (Å²) in [6.45, 7) is 1.43. The van der Waals surface area contributed by atoms with E-state index in [0.717, 1.165) is 26.2 Å². The van der Waals surface area contributed by atoms with E-state index in [9.17, 15) is 32.2 Å². The van der Waals surface area contributed by atoms with Gasteiger partial charge in [0.1, 0.15) is 6.61 Å². The van der Waals surface area contributed by atoms with Crippen LogP contribution in [0.2, 0.25) is 0 Å². The third-order valence-corrected chi connectivity index (χ3v) is 7.02. The molecule has 0 rings (SSSR count). The Bertz CT molecular complexity index is 697. The average Bonchev–Trinajstić information content (AvgIpc) is 2.86. The minimum absolute atomic E-state index is 0.0571. The molecule has 0 aliphatic heterocycles. The van der Waals surface area contributed by atoms with Crippen molar-refractivity contribution in [1.29, 1.82) is 0 Å². The molecule has 0 aromatic carbocycles. The molecule has 13 heteroatoms. The number of hydrogen-bond donors (Lipinski definition) is 2. The first kappa shape index (κ1) is 37.8.